The lowest BCUT2D eigenvalue weighted by atomic mass is 10.4. The maximum atomic E-state index is 6.67. The molecule has 0 aliphatic carbocycles. The molecule has 0 saturated carbocycles. The SMILES string of the molecule is C[Si](C)(Cl)CC[Si](C)(Cl)c1ccccc1. The highest BCUT2D eigenvalue weighted by Crippen LogP contribution is 2.25. The first-order valence-electron chi connectivity index (χ1n) is 5.25. The van der Waals surface area contributed by atoms with E-state index in [4.69, 9.17) is 22.2 Å². The van der Waals surface area contributed by atoms with Crippen LogP contribution in [0.2, 0.25) is 31.7 Å². The molecular formula is C11H18Cl2Si2. The molecule has 1 rings (SSSR count). The molecule has 0 aliphatic heterocycles. The molecule has 0 nitrogen and oxygen atoms in total. The highest BCUT2D eigenvalue weighted by molar-refractivity contribution is 7.28. The van der Waals surface area contributed by atoms with Crippen molar-refractivity contribution in [2.75, 3.05) is 0 Å². The Labute approximate surface area is 104 Å². The van der Waals surface area contributed by atoms with Crippen LogP contribution in [-0.4, -0.2) is 14.8 Å². The Kier molecular flexibility index (Phi) is 4.47. The zero-order valence-corrected chi connectivity index (χ0v) is 13.1. The van der Waals surface area contributed by atoms with Gasteiger partial charge in [0.2, 0.25) is 0 Å². The average molecular weight is 277 g/mol. The Balaban J connectivity index is 2.68. The summed E-state index contributed by atoms with van der Waals surface area (Å²) in [4.78, 5) is 0. The van der Waals surface area contributed by atoms with Crippen molar-refractivity contribution in [3.05, 3.63) is 30.3 Å². The fourth-order valence-corrected chi connectivity index (χ4v) is 8.97. The van der Waals surface area contributed by atoms with E-state index in [0.717, 1.165) is 12.1 Å². The number of benzene rings is 1. The second kappa shape index (κ2) is 5.04. The normalized spacial score (nSPS) is 16.1. The third-order valence-electron chi connectivity index (χ3n) is 2.56. The summed E-state index contributed by atoms with van der Waals surface area (Å²) < 4.78 is 0. The van der Waals surface area contributed by atoms with E-state index >= 15 is 0 Å². The second-order valence-electron chi connectivity index (χ2n) is 4.78. The van der Waals surface area contributed by atoms with Gasteiger partial charge in [-0.3, -0.25) is 0 Å². The molecule has 0 spiro atoms. The fourth-order valence-electron chi connectivity index (χ4n) is 1.46. The average Bonchev–Trinajstić information content (AvgIpc) is 2.16. The molecule has 1 atom stereocenters. The van der Waals surface area contributed by atoms with E-state index in [0.29, 0.717) is 0 Å². The molecule has 1 aromatic carbocycles. The maximum absolute atomic E-state index is 6.67. The lowest BCUT2D eigenvalue weighted by Crippen LogP contribution is -2.40. The molecule has 15 heavy (non-hydrogen) atoms. The van der Waals surface area contributed by atoms with Crippen molar-refractivity contribution in [2.24, 2.45) is 0 Å². The van der Waals surface area contributed by atoms with Crippen LogP contribution in [0.25, 0.3) is 0 Å². The minimum atomic E-state index is -1.77. The van der Waals surface area contributed by atoms with Crippen LogP contribution in [0.5, 0.6) is 0 Å². The number of rotatable bonds is 4. The number of halogens is 2. The van der Waals surface area contributed by atoms with Gasteiger partial charge in [-0.1, -0.05) is 50.0 Å². The van der Waals surface area contributed by atoms with E-state index in [1.807, 2.05) is 6.07 Å². The lowest BCUT2D eigenvalue weighted by molar-refractivity contribution is 1.34. The lowest BCUT2D eigenvalue weighted by Gasteiger charge is -2.23. The van der Waals surface area contributed by atoms with Gasteiger partial charge in [0.05, 0.1) is 0 Å². The quantitative estimate of drug-likeness (QED) is 0.573. The van der Waals surface area contributed by atoms with Gasteiger partial charge < -0.3 is 0 Å². The van der Waals surface area contributed by atoms with Crippen molar-refractivity contribution in [1.29, 1.82) is 0 Å². The summed E-state index contributed by atoms with van der Waals surface area (Å²) in [6.07, 6.45) is 0. The minimum absolute atomic E-state index is 1.08. The number of hydrogen-bond acceptors (Lipinski definition) is 0. The van der Waals surface area contributed by atoms with Crippen molar-refractivity contribution in [2.45, 2.75) is 31.7 Å². The van der Waals surface area contributed by atoms with Gasteiger partial charge in [-0.15, -0.1) is 0 Å². The van der Waals surface area contributed by atoms with Gasteiger partial charge in [0.25, 0.3) is 0 Å². The van der Waals surface area contributed by atoms with E-state index in [-0.39, 0.29) is 0 Å². The smallest absolute Gasteiger partial charge is 0.168 e. The van der Waals surface area contributed by atoms with Gasteiger partial charge in [0, 0.05) is 0 Å². The molecule has 84 valence electrons. The maximum Gasteiger partial charge on any atom is 0.183 e. The molecule has 0 aromatic heterocycles. The van der Waals surface area contributed by atoms with Crippen LogP contribution in [0.3, 0.4) is 0 Å². The standard InChI is InChI=1S/C11H18Cl2Si2/c1-14(2,12)9-10-15(3,13)11-7-5-4-6-8-11/h4-8H,9-10H2,1-3H3. The van der Waals surface area contributed by atoms with Crippen LogP contribution in [0.4, 0.5) is 0 Å². The first-order valence-corrected chi connectivity index (χ1v) is 13.2. The van der Waals surface area contributed by atoms with Crippen molar-refractivity contribution < 1.29 is 0 Å². The van der Waals surface area contributed by atoms with Crippen LogP contribution < -0.4 is 5.19 Å². The summed E-state index contributed by atoms with van der Waals surface area (Å²) in [5.41, 5.74) is 0. The van der Waals surface area contributed by atoms with Gasteiger partial charge in [0.15, 0.2) is 7.38 Å². The Morgan fingerprint density at radius 2 is 1.47 bits per heavy atom. The highest BCUT2D eigenvalue weighted by Gasteiger charge is 2.30. The Morgan fingerprint density at radius 1 is 0.933 bits per heavy atom. The van der Waals surface area contributed by atoms with E-state index < -0.39 is 14.8 Å². The molecule has 0 N–H and O–H groups in total. The minimum Gasteiger partial charge on any atom is -0.168 e. The third kappa shape index (κ3) is 4.72. The predicted octanol–water partition coefficient (Wildman–Crippen LogP) is 4.15. The summed E-state index contributed by atoms with van der Waals surface area (Å²) in [5.74, 6) is 0. The van der Waals surface area contributed by atoms with Gasteiger partial charge in [-0.25, -0.2) is 0 Å². The van der Waals surface area contributed by atoms with Gasteiger partial charge in [-0.05, 0) is 17.3 Å². The van der Waals surface area contributed by atoms with Crippen molar-refractivity contribution in [3.63, 3.8) is 0 Å². The van der Waals surface area contributed by atoms with E-state index in [2.05, 4.69) is 43.9 Å². The molecular weight excluding hydrogens is 259 g/mol. The first kappa shape index (κ1) is 13.3. The molecule has 0 aliphatic rings. The summed E-state index contributed by atoms with van der Waals surface area (Å²) in [6, 6.07) is 12.6. The second-order valence-corrected chi connectivity index (χ2v) is 17.8. The van der Waals surface area contributed by atoms with Gasteiger partial charge in [0.1, 0.15) is 7.38 Å². The van der Waals surface area contributed by atoms with Crippen LogP contribution >= 0.6 is 22.2 Å². The molecule has 0 radical (unpaired) electrons. The molecule has 0 heterocycles. The van der Waals surface area contributed by atoms with Crippen molar-refractivity contribution in [3.8, 4) is 0 Å². The third-order valence-corrected chi connectivity index (χ3v) is 9.02. The zero-order valence-electron chi connectivity index (χ0n) is 9.56. The molecule has 0 amide bonds. The summed E-state index contributed by atoms with van der Waals surface area (Å²) in [5, 5.41) is 1.32. The van der Waals surface area contributed by atoms with Crippen LogP contribution in [-0.2, 0) is 0 Å². The molecule has 1 unspecified atom stereocenters. The summed E-state index contributed by atoms with van der Waals surface area (Å²) in [7, 11) is -3.24. The topological polar surface area (TPSA) is 0 Å². The van der Waals surface area contributed by atoms with Crippen LogP contribution in [0.15, 0.2) is 30.3 Å². The Hall–Kier alpha value is 0.234. The van der Waals surface area contributed by atoms with E-state index in [1.54, 1.807) is 0 Å². The van der Waals surface area contributed by atoms with E-state index in [9.17, 15) is 0 Å². The Morgan fingerprint density at radius 3 is 1.93 bits per heavy atom. The van der Waals surface area contributed by atoms with Crippen LogP contribution in [0, 0.1) is 0 Å². The molecule has 4 heteroatoms. The molecule has 1 aromatic rings. The molecule has 0 bridgehead atoms. The van der Waals surface area contributed by atoms with E-state index in [1.165, 1.54) is 5.19 Å². The monoisotopic (exact) mass is 276 g/mol. The van der Waals surface area contributed by atoms with Gasteiger partial charge in [-0.2, -0.15) is 22.2 Å². The summed E-state index contributed by atoms with van der Waals surface area (Å²) >= 11 is 13.0. The highest BCUT2D eigenvalue weighted by atomic mass is 35.6. The molecule has 0 fully saturated rings. The van der Waals surface area contributed by atoms with Crippen molar-refractivity contribution in [1.82, 2.24) is 0 Å². The van der Waals surface area contributed by atoms with Crippen LogP contribution in [0.1, 0.15) is 0 Å². The Bertz CT molecular complexity index is 304. The largest absolute Gasteiger partial charge is 0.183 e. The fraction of sp³-hybridized carbons (Fsp3) is 0.455. The first-order chi connectivity index (χ1) is 6.81. The van der Waals surface area contributed by atoms with Gasteiger partial charge >= 0.3 is 0 Å². The van der Waals surface area contributed by atoms with Crippen molar-refractivity contribution >= 4 is 42.1 Å². The number of hydrogen-bond donors (Lipinski definition) is 0. The summed E-state index contributed by atoms with van der Waals surface area (Å²) in [6.45, 7) is 6.57. The zero-order chi connectivity index (χ0) is 11.5. The predicted molar refractivity (Wildman–Crippen MR) is 76.5 cm³/mol. The molecule has 0 saturated heterocycles.